The average molecular weight is 288 g/mol. The van der Waals surface area contributed by atoms with E-state index in [1.807, 2.05) is 0 Å². The predicted octanol–water partition coefficient (Wildman–Crippen LogP) is 1.83. The maximum absolute atomic E-state index is 12.1. The fourth-order valence-electron chi connectivity index (χ4n) is 1.80. The number of benzene rings is 1. The quantitative estimate of drug-likeness (QED) is 0.937. The van der Waals surface area contributed by atoms with Crippen molar-refractivity contribution in [2.45, 2.75) is 19.1 Å². The van der Waals surface area contributed by atoms with Crippen molar-refractivity contribution in [1.29, 1.82) is 0 Å². The highest BCUT2D eigenvalue weighted by Gasteiger charge is 2.29. The Kier molecular flexibility index (Phi) is 3.56. The van der Waals surface area contributed by atoms with Gasteiger partial charge in [0.05, 0.1) is 5.52 Å². The van der Waals surface area contributed by atoms with E-state index >= 15 is 0 Å². The van der Waals surface area contributed by atoms with Gasteiger partial charge in [-0.25, -0.2) is 4.79 Å². The maximum Gasteiger partial charge on any atom is 0.420 e. The highest BCUT2D eigenvalue weighted by Crippen LogP contribution is 2.17. The van der Waals surface area contributed by atoms with Gasteiger partial charge in [-0.15, -0.1) is 0 Å². The molecule has 0 fully saturated rings. The topological polar surface area (TPSA) is 64.2 Å². The number of hydrogen-bond donors (Lipinski definition) is 1. The van der Waals surface area contributed by atoms with Crippen LogP contribution in [0.3, 0.4) is 0 Å². The van der Waals surface area contributed by atoms with Crippen LogP contribution in [0.2, 0.25) is 0 Å². The first-order valence-corrected chi connectivity index (χ1v) is 5.74. The molecule has 1 aromatic carbocycles. The first kappa shape index (κ1) is 14.2. The Morgan fingerprint density at radius 2 is 2.05 bits per heavy atom. The Balaban J connectivity index is 2.27. The lowest BCUT2D eigenvalue weighted by molar-refractivity contribution is -0.140. The summed E-state index contributed by atoms with van der Waals surface area (Å²) in [5, 5.41) is 1.74. The number of oxazole rings is 1. The minimum absolute atomic E-state index is 0.271. The number of carbonyl (C=O) groups is 1. The fraction of sp³-hybridized carbons (Fsp3) is 0.333. The van der Waals surface area contributed by atoms with Crippen LogP contribution in [0.15, 0.2) is 33.5 Å². The maximum atomic E-state index is 12.1. The summed E-state index contributed by atoms with van der Waals surface area (Å²) in [4.78, 5) is 23.4. The number of fused-ring (bicyclic) bond motifs is 1. The summed E-state index contributed by atoms with van der Waals surface area (Å²) < 4.78 is 42.1. The van der Waals surface area contributed by atoms with E-state index in [2.05, 4.69) is 0 Å². The van der Waals surface area contributed by atoms with E-state index in [1.165, 1.54) is 13.0 Å². The number of para-hydroxylation sites is 2. The van der Waals surface area contributed by atoms with E-state index in [0.29, 0.717) is 5.52 Å². The Morgan fingerprint density at radius 3 is 2.70 bits per heavy atom. The molecule has 1 aromatic heterocycles. The van der Waals surface area contributed by atoms with Gasteiger partial charge in [0, 0.05) is 0 Å². The molecule has 1 amide bonds. The van der Waals surface area contributed by atoms with Gasteiger partial charge in [0.15, 0.2) is 5.58 Å². The molecule has 1 atom stereocenters. The molecule has 0 saturated carbocycles. The molecule has 0 aliphatic rings. The Morgan fingerprint density at radius 1 is 1.40 bits per heavy atom. The molecular formula is C12H11F3N2O3. The first-order chi connectivity index (χ1) is 9.29. The van der Waals surface area contributed by atoms with Crippen molar-refractivity contribution in [1.82, 2.24) is 9.88 Å². The number of aromatic nitrogens is 1. The van der Waals surface area contributed by atoms with Gasteiger partial charge < -0.3 is 9.73 Å². The van der Waals surface area contributed by atoms with Crippen molar-refractivity contribution < 1.29 is 22.4 Å². The Bertz CT molecular complexity index is 687. The molecule has 8 heteroatoms. The lowest BCUT2D eigenvalue weighted by atomic mass is 10.2. The minimum Gasteiger partial charge on any atom is -0.408 e. The third-order valence-electron chi connectivity index (χ3n) is 2.75. The van der Waals surface area contributed by atoms with Crippen molar-refractivity contribution in [3.05, 3.63) is 34.8 Å². The van der Waals surface area contributed by atoms with Gasteiger partial charge in [0.2, 0.25) is 5.91 Å². The first-order valence-electron chi connectivity index (χ1n) is 5.74. The van der Waals surface area contributed by atoms with Gasteiger partial charge in [0.25, 0.3) is 0 Å². The summed E-state index contributed by atoms with van der Waals surface area (Å²) in [5.41, 5.74) is 0.625. The molecule has 0 bridgehead atoms. The SMILES string of the molecule is C[C@H](C(=O)NCC(F)(F)F)n1c(=O)oc2ccccc21. The zero-order chi connectivity index (χ0) is 14.9. The van der Waals surface area contributed by atoms with Crippen LogP contribution in [-0.4, -0.2) is 23.2 Å². The second-order valence-corrected chi connectivity index (χ2v) is 4.21. The second kappa shape index (κ2) is 5.03. The second-order valence-electron chi connectivity index (χ2n) is 4.21. The smallest absolute Gasteiger partial charge is 0.408 e. The van der Waals surface area contributed by atoms with Crippen molar-refractivity contribution in [3.8, 4) is 0 Å². The number of nitrogens with one attached hydrogen (secondary N) is 1. The van der Waals surface area contributed by atoms with Crippen LogP contribution in [0.25, 0.3) is 11.1 Å². The van der Waals surface area contributed by atoms with E-state index in [9.17, 15) is 22.8 Å². The van der Waals surface area contributed by atoms with Gasteiger partial charge in [-0.1, -0.05) is 12.1 Å². The molecule has 1 heterocycles. The van der Waals surface area contributed by atoms with Crippen LogP contribution in [0, 0.1) is 0 Å². The highest BCUT2D eigenvalue weighted by atomic mass is 19.4. The van der Waals surface area contributed by atoms with Crippen LogP contribution in [-0.2, 0) is 4.79 Å². The summed E-state index contributed by atoms with van der Waals surface area (Å²) in [6, 6.07) is 5.26. The number of amides is 1. The Hall–Kier alpha value is -2.25. The van der Waals surface area contributed by atoms with E-state index in [0.717, 1.165) is 4.57 Å². The molecule has 2 rings (SSSR count). The molecule has 0 spiro atoms. The third kappa shape index (κ3) is 2.84. The lowest BCUT2D eigenvalue weighted by Gasteiger charge is -2.14. The van der Waals surface area contributed by atoms with Crippen LogP contribution < -0.4 is 11.1 Å². The van der Waals surface area contributed by atoms with Crippen molar-refractivity contribution in [2.24, 2.45) is 0 Å². The van der Waals surface area contributed by atoms with Gasteiger partial charge >= 0.3 is 11.9 Å². The average Bonchev–Trinajstić information content (AvgIpc) is 2.70. The molecule has 108 valence electrons. The number of halogens is 3. The van der Waals surface area contributed by atoms with Crippen LogP contribution >= 0.6 is 0 Å². The van der Waals surface area contributed by atoms with E-state index in [4.69, 9.17) is 4.42 Å². The van der Waals surface area contributed by atoms with E-state index in [-0.39, 0.29) is 5.58 Å². The summed E-state index contributed by atoms with van der Waals surface area (Å²) in [7, 11) is 0. The number of carbonyl (C=O) groups excluding carboxylic acids is 1. The van der Waals surface area contributed by atoms with Gasteiger partial charge in [-0.05, 0) is 19.1 Å². The van der Waals surface area contributed by atoms with Gasteiger partial charge in [-0.2, -0.15) is 13.2 Å². The standard InChI is InChI=1S/C12H11F3N2O3/c1-7(10(18)16-6-12(13,14)15)17-8-4-2-3-5-9(8)20-11(17)19/h2-5,7H,6H2,1H3,(H,16,18)/t7-/m1/s1. The number of alkyl halides is 3. The zero-order valence-corrected chi connectivity index (χ0v) is 10.4. The summed E-state index contributed by atoms with van der Waals surface area (Å²) in [5.74, 6) is -1.70. The van der Waals surface area contributed by atoms with Crippen LogP contribution in [0.1, 0.15) is 13.0 Å². The highest BCUT2D eigenvalue weighted by molar-refractivity contribution is 5.82. The molecule has 0 saturated heterocycles. The van der Waals surface area contributed by atoms with Crippen molar-refractivity contribution >= 4 is 17.0 Å². The molecule has 0 unspecified atom stereocenters. The zero-order valence-electron chi connectivity index (χ0n) is 10.4. The van der Waals surface area contributed by atoms with E-state index in [1.54, 1.807) is 23.5 Å². The number of nitrogens with zero attached hydrogens (tertiary/aromatic N) is 1. The predicted molar refractivity (Wildman–Crippen MR) is 64.2 cm³/mol. The molecule has 20 heavy (non-hydrogen) atoms. The van der Waals surface area contributed by atoms with Crippen LogP contribution in [0.5, 0.6) is 0 Å². The molecule has 0 aliphatic heterocycles. The number of rotatable bonds is 3. The van der Waals surface area contributed by atoms with Crippen molar-refractivity contribution in [3.63, 3.8) is 0 Å². The van der Waals surface area contributed by atoms with Gasteiger partial charge in [-0.3, -0.25) is 9.36 Å². The molecule has 0 radical (unpaired) electrons. The molecule has 2 aromatic rings. The summed E-state index contributed by atoms with van der Waals surface area (Å²) in [6.45, 7) is -0.115. The summed E-state index contributed by atoms with van der Waals surface area (Å²) in [6.07, 6.45) is -4.50. The fourth-order valence-corrected chi connectivity index (χ4v) is 1.80. The molecular weight excluding hydrogens is 277 g/mol. The monoisotopic (exact) mass is 288 g/mol. The lowest BCUT2D eigenvalue weighted by Crippen LogP contribution is -2.39. The van der Waals surface area contributed by atoms with E-state index < -0.39 is 30.4 Å². The number of hydrogen-bond acceptors (Lipinski definition) is 3. The van der Waals surface area contributed by atoms with Gasteiger partial charge in [0.1, 0.15) is 12.6 Å². The van der Waals surface area contributed by atoms with Crippen molar-refractivity contribution in [2.75, 3.05) is 6.54 Å². The Labute approximate surface area is 111 Å². The minimum atomic E-state index is -4.50. The van der Waals surface area contributed by atoms with Crippen LogP contribution in [0.4, 0.5) is 13.2 Å². The molecule has 1 N–H and O–H groups in total. The summed E-state index contributed by atoms with van der Waals surface area (Å²) >= 11 is 0. The molecule has 0 aliphatic carbocycles. The normalized spacial score (nSPS) is 13.4. The third-order valence-corrected chi connectivity index (χ3v) is 2.75. The largest absolute Gasteiger partial charge is 0.420 e. The molecule has 5 nitrogen and oxygen atoms in total.